The van der Waals surface area contributed by atoms with Gasteiger partial charge in [-0.2, -0.15) is 0 Å². The van der Waals surface area contributed by atoms with Crippen molar-refractivity contribution < 1.29 is 4.79 Å². The summed E-state index contributed by atoms with van der Waals surface area (Å²) in [6.07, 6.45) is 5.12. The summed E-state index contributed by atoms with van der Waals surface area (Å²) in [5.41, 5.74) is 3.95. The molecule has 0 unspecified atom stereocenters. The number of nitrogens with zero attached hydrogens (tertiary/aromatic N) is 2. The van der Waals surface area contributed by atoms with Gasteiger partial charge >= 0.3 is 4.87 Å². The number of rotatable bonds is 6. The molecule has 0 aliphatic heterocycles. The number of Topliss-reactive ketones (excluding diaryl/α,β-unsaturated/α-hetero) is 1. The van der Waals surface area contributed by atoms with E-state index in [4.69, 9.17) is 0 Å². The quantitative estimate of drug-likeness (QED) is 0.576. The molecule has 1 aliphatic carbocycles. The minimum atomic E-state index is 0.0155. The number of aromatic nitrogens is 2. The van der Waals surface area contributed by atoms with Crippen LogP contribution in [0.1, 0.15) is 50.0 Å². The van der Waals surface area contributed by atoms with Gasteiger partial charge in [0, 0.05) is 38.9 Å². The normalized spacial score (nSPS) is 13.7. The Labute approximate surface area is 167 Å². The van der Waals surface area contributed by atoms with Gasteiger partial charge in [0.25, 0.3) is 0 Å². The Morgan fingerprint density at radius 2 is 2.00 bits per heavy atom. The van der Waals surface area contributed by atoms with Crippen LogP contribution in [0.3, 0.4) is 0 Å². The zero-order chi connectivity index (χ0) is 19.0. The molecule has 0 bridgehead atoms. The van der Waals surface area contributed by atoms with Gasteiger partial charge in [-0.15, -0.1) is 11.3 Å². The monoisotopic (exact) mass is 400 g/mol. The second-order valence-electron chi connectivity index (χ2n) is 7.22. The number of ketones is 1. The number of aryl methyl sites for hydroxylation is 3. The highest BCUT2D eigenvalue weighted by Crippen LogP contribution is 2.24. The van der Waals surface area contributed by atoms with Crippen LogP contribution >= 0.6 is 22.7 Å². The number of hydrogen-bond acceptors (Lipinski definition) is 4. The highest BCUT2D eigenvalue weighted by Gasteiger charge is 2.22. The van der Waals surface area contributed by atoms with E-state index in [2.05, 4.69) is 29.0 Å². The average molecular weight is 401 g/mol. The largest absolute Gasteiger partial charge is 0.348 e. The van der Waals surface area contributed by atoms with Crippen LogP contribution < -0.4 is 4.87 Å². The maximum atomic E-state index is 13.0. The summed E-state index contributed by atoms with van der Waals surface area (Å²) >= 11 is 3.09. The van der Waals surface area contributed by atoms with Gasteiger partial charge in [-0.05, 0) is 63.5 Å². The van der Waals surface area contributed by atoms with Crippen molar-refractivity contribution in [3.05, 3.63) is 65.6 Å². The third-order valence-corrected chi connectivity index (χ3v) is 7.50. The number of fused-ring (bicyclic) bond motifs is 1. The van der Waals surface area contributed by atoms with Crippen molar-refractivity contribution in [2.75, 3.05) is 0 Å². The smallest absolute Gasteiger partial charge is 0.307 e. The molecule has 0 radical (unpaired) electrons. The fourth-order valence-corrected chi connectivity index (χ4v) is 5.79. The van der Waals surface area contributed by atoms with E-state index in [9.17, 15) is 9.59 Å². The van der Waals surface area contributed by atoms with Gasteiger partial charge in [0.2, 0.25) is 0 Å². The number of hydrogen-bond donors (Lipinski definition) is 0. The Kier molecular flexibility index (Phi) is 5.19. The summed E-state index contributed by atoms with van der Waals surface area (Å²) < 4.78 is 3.94. The Morgan fingerprint density at radius 1 is 1.19 bits per heavy atom. The molecule has 0 fully saturated rings. The molecule has 0 saturated heterocycles. The zero-order valence-electron chi connectivity index (χ0n) is 15.8. The molecule has 4 rings (SSSR count). The maximum absolute atomic E-state index is 13.0. The average Bonchev–Trinajstić information content (AvgIpc) is 3.34. The van der Waals surface area contributed by atoms with Gasteiger partial charge in [0.1, 0.15) is 0 Å². The predicted octanol–water partition coefficient (Wildman–Crippen LogP) is 4.39. The van der Waals surface area contributed by atoms with Gasteiger partial charge in [-0.1, -0.05) is 17.4 Å². The van der Waals surface area contributed by atoms with E-state index in [0.29, 0.717) is 0 Å². The SMILES string of the molecule is Cc1cc(C(=O)Cn2c3c(sc2=O)CCCC3)c(C)n1CCc1cccs1. The molecule has 0 amide bonds. The third kappa shape index (κ3) is 3.60. The van der Waals surface area contributed by atoms with Crippen LogP contribution in [0.25, 0.3) is 0 Å². The standard InChI is InChI=1S/C21H24N2O2S2/c1-14-12-17(15(2)22(14)10-9-16-6-5-11-26-16)19(24)13-23-18-7-3-4-8-20(18)27-21(23)25/h5-6,11-12H,3-4,7-10,13H2,1-2H3. The van der Waals surface area contributed by atoms with Gasteiger partial charge in [-0.25, -0.2) is 0 Å². The lowest BCUT2D eigenvalue weighted by Gasteiger charge is -2.13. The molecule has 0 aromatic carbocycles. The fourth-order valence-electron chi connectivity index (χ4n) is 4.02. The van der Waals surface area contributed by atoms with Crippen LogP contribution in [0.5, 0.6) is 0 Å². The first-order chi connectivity index (χ1) is 13.0. The van der Waals surface area contributed by atoms with Gasteiger partial charge < -0.3 is 4.57 Å². The first-order valence-electron chi connectivity index (χ1n) is 9.48. The molecule has 27 heavy (non-hydrogen) atoms. The minimum absolute atomic E-state index is 0.0155. The molecule has 0 atom stereocenters. The predicted molar refractivity (Wildman–Crippen MR) is 111 cm³/mol. The molecule has 0 saturated carbocycles. The van der Waals surface area contributed by atoms with Crippen molar-refractivity contribution in [1.29, 1.82) is 0 Å². The fraction of sp³-hybridized carbons (Fsp3) is 0.429. The molecule has 3 aromatic rings. The molecule has 6 heteroatoms. The third-order valence-electron chi connectivity index (χ3n) is 5.48. The summed E-state index contributed by atoms with van der Waals surface area (Å²) in [5.74, 6) is 0.0405. The summed E-state index contributed by atoms with van der Waals surface area (Å²) in [5, 5.41) is 2.10. The molecule has 0 spiro atoms. The second-order valence-corrected chi connectivity index (χ2v) is 9.30. The Bertz CT molecular complexity index is 1020. The molecular formula is C21H24N2O2S2. The molecule has 0 N–H and O–H groups in total. The molecule has 3 heterocycles. The van der Waals surface area contributed by atoms with Crippen molar-refractivity contribution in [1.82, 2.24) is 9.13 Å². The van der Waals surface area contributed by atoms with E-state index in [1.54, 1.807) is 15.9 Å². The first-order valence-corrected chi connectivity index (χ1v) is 11.2. The number of carbonyl (C=O) groups is 1. The lowest BCUT2D eigenvalue weighted by Crippen LogP contribution is -2.23. The Hall–Kier alpha value is -1.92. The van der Waals surface area contributed by atoms with E-state index in [1.807, 2.05) is 13.0 Å². The van der Waals surface area contributed by atoms with Crippen LogP contribution in [0, 0.1) is 13.8 Å². The van der Waals surface area contributed by atoms with Crippen molar-refractivity contribution in [3.8, 4) is 0 Å². The molecule has 3 aromatic heterocycles. The van der Waals surface area contributed by atoms with Crippen molar-refractivity contribution in [2.45, 2.75) is 59.0 Å². The highest BCUT2D eigenvalue weighted by atomic mass is 32.1. The number of carbonyl (C=O) groups excluding carboxylic acids is 1. The Balaban J connectivity index is 1.55. The van der Waals surface area contributed by atoms with E-state index < -0.39 is 0 Å². The molecule has 142 valence electrons. The Morgan fingerprint density at radius 3 is 2.78 bits per heavy atom. The van der Waals surface area contributed by atoms with Crippen LogP contribution in [0.15, 0.2) is 28.4 Å². The van der Waals surface area contributed by atoms with E-state index in [0.717, 1.165) is 61.3 Å². The highest BCUT2D eigenvalue weighted by molar-refractivity contribution is 7.10. The van der Waals surface area contributed by atoms with E-state index in [1.165, 1.54) is 21.1 Å². The van der Waals surface area contributed by atoms with Crippen molar-refractivity contribution >= 4 is 28.5 Å². The first kappa shape index (κ1) is 18.4. The summed E-state index contributed by atoms with van der Waals surface area (Å²) in [6.45, 7) is 5.11. The summed E-state index contributed by atoms with van der Waals surface area (Å²) in [7, 11) is 0. The lowest BCUT2D eigenvalue weighted by molar-refractivity contribution is 0.0969. The van der Waals surface area contributed by atoms with Crippen molar-refractivity contribution in [2.24, 2.45) is 0 Å². The number of thiazole rings is 1. The summed E-state index contributed by atoms with van der Waals surface area (Å²) in [4.78, 5) is 27.9. The zero-order valence-corrected chi connectivity index (χ0v) is 17.4. The van der Waals surface area contributed by atoms with Crippen LogP contribution in [-0.2, 0) is 32.4 Å². The van der Waals surface area contributed by atoms with Crippen LogP contribution in [0.2, 0.25) is 0 Å². The molecular weight excluding hydrogens is 376 g/mol. The van der Waals surface area contributed by atoms with Gasteiger partial charge in [-0.3, -0.25) is 14.2 Å². The van der Waals surface area contributed by atoms with Gasteiger partial charge in [0.05, 0.1) is 6.54 Å². The number of thiophene rings is 1. The van der Waals surface area contributed by atoms with Crippen LogP contribution in [0.4, 0.5) is 0 Å². The van der Waals surface area contributed by atoms with Gasteiger partial charge in [0.15, 0.2) is 5.78 Å². The maximum Gasteiger partial charge on any atom is 0.307 e. The lowest BCUT2D eigenvalue weighted by atomic mass is 10.0. The topological polar surface area (TPSA) is 44.0 Å². The van der Waals surface area contributed by atoms with Crippen LogP contribution in [-0.4, -0.2) is 14.9 Å². The minimum Gasteiger partial charge on any atom is -0.348 e. The van der Waals surface area contributed by atoms with Crippen molar-refractivity contribution in [3.63, 3.8) is 0 Å². The molecule has 1 aliphatic rings. The van der Waals surface area contributed by atoms with E-state index in [-0.39, 0.29) is 17.2 Å². The second kappa shape index (κ2) is 7.60. The summed E-state index contributed by atoms with van der Waals surface area (Å²) in [6, 6.07) is 6.20. The molecule has 4 nitrogen and oxygen atoms in total. The van der Waals surface area contributed by atoms with E-state index >= 15 is 0 Å².